The van der Waals surface area contributed by atoms with Crippen molar-refractivity contribution in [1.82, 2.24) is 5.32 Å². The molecule has 0 spiro atoms. The largest absolute Gasteiger partial charge is 0.366 e. The molecule has 2 nitrogen and oxygen atoms in total. The lowest BCUT2D eigenvalue weighted by Crippen LogP contribution is -2.55. The molecule has 0 fully saturated rings. The molecule has 154 valence electrons. The summed E-state index contributed by atoms with van der Waals surface area (Å²) in [6.45, 7) is 21.8. The number of nitrogens with zero attached hydrogens (tertiary/aromatic N) is 1. The summed E-state index contributed by atoms with van der Waals surface area (Å²) in [5, 5.41) is 2.96. The normalized spacial score (nSPS) is 17.6. The maximum atomic E-state index is 12.7. The Hall–Kier alpha value is -1.16. The van der Waals surface area contributed by atoms with E-state index in [1.165, 1.54) is 11.3 Å². The average molecular weight is 381 g/mol. The van der Waals surface area contributed by atoms with Crippen molar-refractivity contribution in [3.8, 4) is 0 Å². The summed E-state index contributed by atoms with van der Waals surface area (Å²) in [7, 11) is 0. The molecule has 1 N–H and O–H groups in total. The molecule has 0 amide bonds. The molecule has 1 aliphatic heterocycles. The molecule has 4 heteroatoms. The van der Waals surface area contributed by atoms with Gasteiger partial charge in [-0.25, -0.2) is 8.78 Å². The monoisotopic (exact) mass is 380 g/mol. The summed E-state index contributed by atoms with van der Waals surface area (Å²) in [6, 6.07) is 6.38. The molecule has 0 saturated heterocycles. The Bertz CT molecular complexity index is 646. The maximum absolute atomic E-state index is 12.7. The number of hydrogen-bond acceptors (Lipinski definition) is 2. The van der Waals surface area contributed by atoms with E-state index in [4.69, 9.17) is 0 Å². The minimum Gasteiger partial charge on any atom is -0.366 e. The van der Waals surface area contributed by atoms with E-state index < -0.39 is 6.43 Å². The first kappa shape index (κ1) is 22.1. The minimum atomic E-state index is -2.33. The lowest BCUT2D eigenvalue weighted by molar-refractivity contribution is 0.0626. The first-order valence-electron chi connectivity index (χ1n) is 10.0. The van der Waals surface area contributed by atoms with Crippen molar-refractivity contribution in [1.29, 1.82) is 0 Å². The number of rotatable bonds is 4. The lowest BCUT2D eigenvalue weighted by Gasteiger charge is -2.53. The molecule has 0 atom stereocenters. The Morgan fingerprint density at radius 3 is 2.00 bits per heavy atom. The summed E-state index contributed by atoms with van der Waals surface area (Å²) in [6.07, 6.45) is -2.33. The van der Waals surface area contributed by atoms with Crippen LogP contribution in [0.1, 0.15) is 73.4 Å². The fraction of sp³-hybridized carbons (Fsp3) is 0.739. The number of anilines is 1. The second kappa shape index (κ2) is 7.02. The van der Waals surface area contributed by atoms with Crippen molar-refractivity contribution >= 4 is 5.69 Å². The fourth-order valence-electron chi connectivity index (χ4n) is 5.12. The van der Waals surface area contributed by atoms with Crippen LogP contribution in [-0.2, 0) is 12.0 Å². The third kappa shape index (κ3) is 3.87. The van der Waals surface area contributed by atoms with Gasteiger partial charge < -0.3 is 10.2 Å². The van der Waals surface area contributed by atoms with E-state index in [0.717, 1.165) is 12.1 Å². The van der Waals surface area contributed by atoms with Gasteiger partial charge >= 0.3 is 0 Å². The Morgan fingerprint density at radius 1 is 1.00 bits per heavy atom. The van der Waals surface area contributed by atoms with Gasteiger partial charge in [-0.2, -0.15) is 0 Å². The van der Waals surface area contributed by atoms with Crippen LogP contribution in [0.5, 0.6) is 0 Å². The first-order chi connectivity index (χ1) is 12.1. The number of alkyl halides is 2. The molecule has 27 heavy (non-hydrogen) atoms. The number of fused-ring (bicyclic) bond motifs is 1. The molecule has 0 radical (unpaired) electrons. The molecule has 0 saturated carbocycles. The molecule has 0 aliphatic carbocycles. The topological polar surface area (TPSA) is 15.3 Å². The Labute approximate surface area is 164 Å². The zero-order valence-corrected chi connectivity index (χ0v) is 18.6. The van der Waals surface area contributed by atoms with Crippen LogP contribution in [0.15, 0.2) is 18.2 Å². The van der Waals surface area contributed by atoms with Crippen LogP contribution in [0.3, 0.4) is 0 Å². The zero-order chi connectivity index (χ0) is 20.8. The first-order valence-corrected chi connectivity index (χ1v) is 10.0. The summed E-state index contributed by atoms with van der Waals surface area (Å²) in [5.74, 6) is 0. The van der Waals surface area contributed by atoms with Gasteiger partial charge in [-0.05, 0) is 48.8 Å². The third-order valence-corrected chi connectivity index (χ3v) is 6.23. The predicted octanol–water partition coefficient (Wildman–Crippen LogP) is 5.99. The summed E-state index contributed by atoms with van der Waals surface area (Å²) < 4.78 is 25.4. The fourth-order valence-corrected chi connectivity index (χ4v) is 5.12. The average Bonchev–Trinajstić information content (AvgIpc) is 2.83. The van der Waals surface area contributed by atoms with Gasteiger partial charge in [0.15, 0.2) is 0 Å². The van der Waals surface area contributed by atoms with Crippen LogP contribution >= 0.6 is 0 Å². The van der Waals surface area contributed by atoms with Crippen LogP contribution in [0.2, 0.25) is 0 Å². The molecular formula is C23H38F2N2. The van der Waals surface area contributed by atoms with E-state index in [2.05, 4.69) is 90.7 Å². The van der Waals surface area contributed by atoms with E-state index in [-0.39, 0.29) is 28.3 Å². The highest BCUT2D eigenvalue weighted by molar-refractivity contribution is 5.68. The SMILES string of the molecule is CC(C)(C)N1CC(C(C)(C)C)(C(C)(C)C)c2c(CNCC(F)F)cccc21. The van der Waals surface area contributed by atoms with Gasteiger partial charge in [0.05, 0.1) is 6.54 Å². The molecule has 0 bridgehead atoms. The highest BCUT2D eigenvalue weighted by Gasteiger charge is 2.58. The van der Waals surface area contributed by atoms with Gasteiger partial charge in [-0.1, -0.05) is 53.7 Å². The van der Waals surface area contributed by atoms with Crippen LogP contribution in [-0.4, -0.2) is 25.1 Å². The standard InChI is InChI=1S/C23H38F2N2/c1-20(2,3)23(21(4,5)6)15-27(22(7,8)9)17-12-10-11-16(19(17)23)13-26-14-18(24)25/h10-12,18,26H,13-15H2,1-9H3. The minimum absolute atomic E-state index is 0.0119. The highest BCUT2D eigenvalue weighted by atomic mass is 19.3. The van der Waals surface area contributed by atoms with Crippen LogP contribution in [0.25, 0.3) is 0 Å². The Kier molecular flexibility index (Phi) is 5.76. The Balaban J connectivity index is 2.71. The van der Waals surface area contributed by atoms with Gasteiger partial charge in [-0.15, -0.1) is 0 Å². The van der Waals surface area contributed by atoms with E-state index >= 15 is 0 Å². The summed E-state index contributed by atoms with van der Waals surface area (Å²) in [5.41, 5.74) is 3.65. The molecule has 1 aromatic carbocycles. The second-order valence-electron chi connectivity index (χ2n) is 11.0. The molecular weight excluding hydrogens is 342 g/mol. The maximum Gasteiger partial charge on any atom is 0.250 e. The third-order valence-electron chi connectivity index (χ3n) is 6.23. The Morgan fingerprint density at radius 2 is 1.56 bits per heavy atom. The van der Waals surface area contributed by atoms with E-state index in [0.29, 0.717) is 6.54 Å². The van der Waals surface area contributed by atoms with Gasteiger partial charge in [0.25, 0.3) is 6.43 Å². The van der Waals surface area contributed by atoms with Crippen LogP contribution < -0.4 is 10.2 Å². The number of hydrogen-bond donors (Lipinski definition) is 1. The van der Waals surface area contributed by atoms with E-state index in [1.54, 1.807) is 0 Å². The predicted molar refractivity (Wildman–Crippen MR) is 112 cm³/mol. The molecule has 2 rings (SSSR count). The van der Waals surface area contributed by atoms with Crippen molar-refractivity contribution in [2.75, 3.05) is 18.0 Å². The highest BCUT2D eigenvalue weighted by Crippen LogP contribution is 2.61. The number of halogens is 2. The van der Waals surface area contributed by atoms with Crippen LogP contribution in [0.4, 0.5) is 14.5 Å². The molecule has 0 unspecified atom stereocenters. The van der Waals surface area contributed by atoms with Crippen LogP contribution in [0, 0.1) is 10.8 Å². The van der Waals surface area contributed by atoms with Crippen molar-refractivity contribution < 1.29 is 8.78 Å². The van der Waals surface area contributed by atoms with Gasteiger partial charge in [0, 0.05) is 29.7 Å². The van der Waals surface area contributed by atoms with Crippen molar-refractivity contribution in [3.05, 3.63) is 29.3 Å². The second-order valence-corrected chi connectivity index (χ2v) is 11.0. The van der Waals surface area contributed by atoms with E-state index in [1.807, 2.05) is 0 Å². The molecule has 1 aromatic rings. The van der Waals surface area contributed by atoms with Crippen molar-refractivity contribution in [2.45, 2.75) is 86.2 Å². The summed E-state index contributed by atoms with van der Waals surface area (Å²) in [4.78, 5) is 2.51. The lowest BCUT2D eigenvalue weighted by atomic mass is 9.51. The van der Waals surface area contributed by atoms with Gasteiger partial charge in [0.1, 0.15) is 0 Å². The molecule has 1 aliphatic rings. The van der Waals surface area contributed by atoms with E-state index in [9.17, 15) is 8.78 Å². The molecule has 1 heterocycles. The summed E-state index contributed by atoms with van der Waals surface area (Å²) >= 11 is 0. The van der Waals surface area contributed by atoms with Gasteiger partial charge in [0.2, 0.25) is 0 Å². The van der Waals surface area contributed by atoms with Crippen molar-refractivity contribution in [3.63, 3.8) is 0 Å². The molecule has 0 aromatic heterocycles. The smallest absolute Gasteiger partial charge is 0.250 e. The number of benzene rings is 1. The van der Waals surface area contributed by atoms with Crippen molar-refractivity contribution in [2.24, 2.45) is 10.8 Å². The quantitative estimate of drug-likeness (QED) is 0.690. The number of nitrogens with one attached hydrogen (secondary N) is 1. The zero-order valence-electron chi connectivity index (χ0n) is 18.6. The van der Waals surface area contributed by atoms with Gasteiger partial charge in [-0.3, -0.25) is 0 Å².